The minimum Gasteiger partial charge on any atom is -0.484 e. The van der Waals surface area contributed by atoms with E-state index in [9.17, 15) is 9.59 Å². The van der Waals surface area contributed by atoms with Gasteiger partial charge in [0, 0.05) is 25.2 Å². The third-order valence-electron chi connectivity index (χ3n) is 5.42. The van der Waals surface area contributed by atoms with Crippen LogP contribution in [0, 0.1) is 0 Å². The summed E-state index contributed by atoms with van der Waals surface area (Å²) in [5.74, 6) is 0.628. The van der Waals surface area contributed by atoms with Gasteiger partial charge in [-0.1, -0.05) is 60.7 Å². The Hall–Kier alpha value is -3.60. The van der Waals surface area contributed by atoms with E-state index in [1.54, 1.807) is 6.07 Å². The lowest BCUT2D eigenvalue weighted by Gasteiger charge is -2.23. The van der Waals surface area contributed by atoms with Crippen molar-refractivity contribution in [1.82, 2.24) is 4.90 Å². The lowest BCUT2D eigenvalue weighted by atomic mass is 10.0. The first kappa shape index (κ1) is 20.7. The van der Waals surface area contributed by atoms with Gasteiger partial charge < -0.3 is 15.0 Å². The van der Waals surface area contributed by atoms with Gasteiger partial charge in [0.1, 0.15) is 5.75 Å². The Morgan fingerprint density at radius 1 is 0.903 bits per heavy atom. The number of carbonyl (C=O) groups excluding carboxylic acids is 2. The number of benzene rings is 3. The molecule has 0 radical (unpaired) electrons. The topological polar surface area (TPSA) is 58.6 Å². The fourth-order valence-corrected chi connectivity index (χ4v) is 3.69. The van der Waals surface area contributed by atoms with Crippen molar-refractivity contribution in [3.63, 3.8) is 0 Å². The number of hydrogen-bond donors (Lipinski definition) is 1. The Morgan fingerprint density at radius 3 is 2.35 bits per heavy atom. The summed E-state index contributed by atoms with van der Waals surface area (Å²) in [7, 11) is 0. The second kappa shape index (κ2) is 9.94. The maximum Gasteiger partial charge on any atom is 0.260 e. The highest BCUT2D eigenvalue weighted by Crippen LogP contribution is 2.26. The van der Waals surface area contributed by atoms with Gasteiger partial charge in [0.2, 0.25) is 5.91 Å². The predicted molar refractivity (Wildman–Crippen MR) is 121 cm³/mol. The molecule has 0 saturated heterocycles. The van der Waals surface area contributed by atoms with Gasteiger partial charge in [0.25, 0.3) is 5.91 Å². The van der Waals surface area contributed by atoms with Crippen LogP contribution in [0.1, 0.15) is 23.1 Å². The summed E-state index contributed by atoms with van der Waals surface area (Å²) in [6, 6.07) is 25.7. The molecule has 31 heavy (non-hydrogen) atoms. The maximum atomic E-state index is 13.0. The van der Waals surface area contributed by atoms with E-state index >= 15 is 0 Å². The first-order valence-electron chi connectivity index (χ1n) is 10.6. The number of fused-ring (bicyclic) bond motifs is 1. The van der Waals surface area contributed by atoms with Crippen LogP contribution in [0.2, 0.25) is 0 Å². The smallest absolute Gasteiger partial charge is 0.260 e. The van der Waals surface area contributed by atoms with Crippen LogP contribution in [-0.2, 0) is 29.0 Å². The fraction of sp³-hybridized carbons (Fsp3) is 0.231. The van der Waals surface area contributed by atoms with E-state index in [-0.39, 0.29) is 18.4 Å². The van der Waals surface area contributed by atoms with Crippen LogP contribution in [0.15, 0.2) is 78.9 Å². The summed E-state index contributed by atoms with van der Waals surface area (Å²) in [5, 5.41) is 2.86. The van der Waals surface area contributed by atoms with E-state index in [1.165, 1.54) is 5.56 Å². The van der Waals surface area contributed by atoms with Crippen molar-refractivity contribution in [2.45, 2.75) is 25.8 Å². The summed E-state index contributed by atoms with van der Waals surface area (Å²) in [6.45, 7) is 1.15. The Labute approximate surface area is 182 Å². The van der Waals surface area contributed by atoms with E-state index in [2.05, 4.69) is 17.4 Å². The third kappa shape index (κ3) is 5.72. The average Bonchev–Trinajstić information content (AvgIpc) is 2.81. The molecular weight excluding hydrogens is 388 g/mol. The molecule has 1 heterocycles. The van der Waals surface area contributed by atoms with Crippen molar-refractivity contribution in [3.05, 3.63) is 95.6 Å². The second-order valence-corrected chi connectivity index (χ2v) is 7.69. The monoisotopic (exact) mass is 414 g/mol. The minimum atomic E-state index is -0.0502. The summed E-state index contributed by atoms with van der Waals surface area (Å²) in [5.41, 5.74) is 4.15. The number of anilines is 1. The first-order valence-corrected chi connectivity index (χ1v) is 10.6. The SMILES string of the molecule is O=C1CCc2cc(OCC(=O)N(CCc3ccccc3)Cc3ccccc3)ccc2N1. The van der Waals surface area contributed by atoms with Gasteiger partial charge in [-0.05, 0) is 47.7 Å². The van der Waals surface area contributed by atoms with E-state index in [0.717, 1.165) is 23.2 Å². The molecule has 0 aliphatic carbocycles. The van der Waals surface area contributed by atoms with Gasteiger partial charge in [-0.3, -0.25) is 9.59 Å². The molecule has 0 spiro atoms. The molecule has 0 unspecified atom stereocenters. The molecule has 0 atom stereocenters. The third-order valence-corrected chi connectivity index (χ3v) is 5.42. The number of ether oxygens (including phenoxy) is 1. The molecule has 5 heteroatoms. The van der Waals surface area contributed by atoms with E-state index in [0.29, 0.717) is 31.7 Å². The van der Waals surface area contributed by atoms with Gasteiger partial charge in [-0.2, -0.15) is 0 Å². The molecule has 0 fully saturated rings. The highest BCUT2D eigenvalue weighted by molar-refractivity contribution is 5.94. The lowest BCUT2D eigenvalue weighted by molar-refractivity contribution is -0.134. The minimum absolute atomic E-state index is 0.0211. The molecule has 0 aromatic heterocycles. The van der Waals surface area contributed by atoms with Crippen LogP contribution < -0.4 is 10.1 Å². The normalized spacial score (nSPS) is 12.6. The molecule has 158 valence electrons. The molecule has 1 N–H and O–H groups in total. The molecule has 3 aromatic carbocycles. The van der Waals surface area contributed by atoms with Crippen molar-refractivity contribution in [3.8, 4) is 5.75 Å². The molecule has 3 aromatic rings. The number of carbonyl (C=O) groups is 2. The zero-order valence-electron chi connectivity index (χ0n) is 17.4. The van der Waals surface area contributed by atoms with Crippen LogP contribution in [0.25, 0.3) is 0 Å². The van der Waals surface area contributed by atoms with Crippen molar-refractivity contribution >= 4 is 17.5 Å². The molecular formula is C26H26N2O3. The summed E-state index contributed by atoms with van der Waals surface area (Å²) >= 11 is 0. The number of aryl methyl sites for hydroxylation is 1. The number of rotatable bonds is 8. The molecule has 4 rings (SSSR count). The Kier molecular flexibility index (Phi) is 6.62. The Morgan fingerprint density at radius 2 is 1.61 bits per heavy atom. The largest absolute Gasteiger partial charge is 0.484 e. The molecule has 0 bridgehead atoms. The van der Waals surface area contributed by atoms with E-state index in [1.807, 2.05) is 65.6 Å². The van der Waals surface area contributed by atoms with Gasteiger partial charge in [-0.15, -0.1) is 0 Å². The highest BCUT2D eigenvalue weighted by atomic mass is 16.5. The van der Waals surface area contributed by atoms with Crippen LogP contribution >= 0.6 is 0 Å². The number of nitrogens with one attached hydrogen (secondary N) is 1. The van der Waals surface area contributed by atoms with Crippen molar-refractivity contribution in [2.75, 3.05) is 18.5 Å². The van der Waals surface area contributed by atoms with Gasteiger partial charge >= 0.3 is 0 Å². The standard InChI is InChI=1S/C26H26N2O3/c29-25-14-11-22-17-23(12-13-24(22)27-25)31-19-26(30)28(18-21-9-5-2-6-10-21)16-15-20-7-3-1-4-8-20/h1-10,12-13,17H,11,14-16,18-19H2,(H,27,29). The zero-order valence-corrected chi connectivity index (χ0v) is 17.4. The maximum absolute atomic E-state index is 13.0. The molecule has 0 saturated carbocycles. The Bertz CT molecular complexity index is 1040. The highest BCUT2D eigenvalue weighted by Gasteiger charge is 2.17. The Balaban J connectivity index is 1.40. The summed E-state index contributed by atoms with van der Waals surface area (Å²) < 4.78 is 5.83. The molecule has 5 nitrogen and oxygen atoms in total. The number of amides is 2. The first-order chi connectivity index (χ1) is 15.2. The number of hydrogen-bond acceptors (Lipinski definition) is 3. The quantitative estimate of drug-likeness (QED) is 0.600. The number of nitrogens with zero attached hydrogens (tertiary/aromatic N) is 1. The molecule has 1 aliphatic heterocycles. The van der Waals surface area contributed by atoms with Gasteiger partial charge in [0.05, 0.1) is 0 Å². The lowest BCUT2D eigenvalue weighted by Crippen LogP contribution is -2.36. The zero-order chi connectivity index (χ0) is 21.5. The van der Waals surface area contributed by atoms with E-state index < -0.39 is 0 Å². The van der Waals surface area contributed by atoms with Crippen LogP contribution in [0.5, 0.6) is 5.75 Å². The van der Waals surface area contributed by atoms with Crippen LogP contribution in [-0.4, -0.2) is 29.9 Å². The fourth-order valence-electron chi connectivity index (χ4n) is 3.69. The molecule has 2 amide bonds. The van der Waals surface area contributed by atoms with Crippen molar-refractivity contribution in [2.24, 2.45) is 0 Å². The summed E-state index contributed by atoms with van der Waals surface area (Å²) in [6.07, 6.45) is 1.95. The van der Waals surface area contributed by atoms with E-state index in [4.69, 9.17) is 4.74 Å². The van der Waals surface area contributed by atoms with Crippen molar-refractivity contribution in [1.29, 1.82) is 0 Å². The second-order valence-electron chi connectivity index (χ2n) is 7.69. The average molecular weight is 415 g/mol. The van der Waals surface area contributed by atoms with Crippen LogP contribution in [0.4, 0.5) is 5.69 Å². The predicted octanol–water partition coefficient (Wildman–Crippen LogP) is 4.22. The van der Waals surface area contributed by atoms with Crippen molar-refractivity contribution < 1.29 is 14.3 Å². The molecule has 1 aliphatic rings. The van der Waals surface area contributed by atoms with Gasteiger partial charge in [0.15, 0.2) is 6.61 Å². The van der Waals surface area contributed by atoms with Gasteiger partial charge in [-0.25, -0.2) is 0 Å². The summed E-state index contributed by atoms with van der Waals surface area (Å²) in [4.78, 5) is 26.4. The van der Waals surface area contributed by atoms with Crippen LogP contribution in [0.3, 0.4) is 0 Å².